The van der Waals surface area contributed by atoms with Crippen LogP contribution in [0, 0.1) is 13.8 Å². The molecule has 0 bridgehead atoms. The van der Waals surface area contributed by atoms with E-state index in [9.17, 15) is 4.79 Å². The van der Waals surface area contributed by atoms with Crippen molar-refractivity contribution in [3.05, 3.63) is 47.0 Å². The second kappa shape index (κ2) is 8.66. The van der Waals surface area contributed by atoms with Gasteiger partial charge < -0.3 is 24.3 Å². The number of nitrogens with one attached hydrogen (secondary N) is 1. The first-order valence-electron chi connectivity index (χ1n) is 9.04. The van der Waals surface area contributed by atoms with Crippen LogP contribution in [0.1, 0.15) is 27.9 Å². The highest BCUT2D eigenvalue weighted by Gasteiger charge is 2.19. The van der Waals surface area contributed by atoms with Crippen molar-refractivity contribution < 1.29 is 23.7 Å². The van der Waals surface area contributed by atoms with E-state index >= 15 is 0 Å². The number of carbonyl (C=O) groups excluding carboxylic acids is 1. The number of methoxy groups -OCH3 is 1. The van der Waals surface area contributed by atoms with E-state index in [1.807, 2.05) is 25.1 Å². The Hall–Kier alpha value is -2.89. The summed E-state index contributed by atoms with van der Waals surface area (Å²) >= 11 is 0. The molecule has 0 spiro atoms. The molecule has 0 atom stereocenters. The summed E-state index contributed by atoms with van der Waals surface area (Å²) in [5.74, 6) is 2.15. The van der Waals surface area contributed by atoms with Crippen LogP contribution in [0.15, 0.2) is 30.3 Å². The van der Waals surface area contributed by atoms with Gasteiger partial charge in [0.15, 0.2) is 11.5 Å². The molecule has 1 amide bonds. The third kappa shape index (κ3) is 4.64. The number of amides is 1. The van der Waals surface area contributed by atoms with Crippen LogP contribution in [-0.4, -0.2) is 39.4 Å². The molecule has 27 heavy (non-hydrogen) atoms. The molecule has 0 aliphatic carbocycles. The molecule has 2 aromatic rings. The summed E-state index contributed by atoms with van der Waals surface area (Å²) in [7, 11) is 1.53. The Morgan fingerprint density at radius 3 is 2.52 bits per heavy atom. The Balaban J connectivity index is 1.60. The van der Waals surface area contributed by atoms with E-state index < -0.39 is 0 Å². The third-order valence-corrected chi connectivity index (χ3v) is 4.45. The van der Waals surface area contributed by atoms with Crippen molar-refractivity contribution in [1.82, 2.24) is 5.32 Å². The number of fused-ring (bicyclic) bond motifs is 1. The van der Waals surface area contributed by atoms with Gasteiger partial charge in [-0.15, -0.1) is 0 Å². The van der Waals surface area contributed by atoms with E-state index in [0.717, 1.165) is 12.2 Å². The van der Waals surface area contributed by atoms with Crippen LogP contribution in [0.25, 0.3) is 0 Å². The lowest BCUT2D eigenvalue weighted by Crippen LogP contribution is -2.28. The van der Waals surface area contributed by atoms with E-state index in [1.165, 1.54) is 18.2 Å². The molecule has 1 aliphatic rings. The average Bonchev–Trinajstić information content (AvgIpc) is 2.91. The zero-order valence-electron chi connectivity index (χ0n) is 16.0. The molecule has 3 rings (SSSR count). The monoisotopic (exact) mass is 371 g/mol. The van der Waals surface area contributed by atoms with Crippen LogP contribution in [0.5, 0.6) is 23.0 Å². The van der Waals surface area contributed by atoms with Crippen LogP contribution in [0.3, 0.4) is 0 Å². The van der Waals surface area contributed by atoms with E-state index in [0.29, 0.717) is 49.2 Å². The second-order valence-electron chi connectivity index (χ2n) is 6.40. The van der Waals surface area contributed by atoms with Crippen molar-refractivity contribution in [2.75, 3.05) is 33.5 Å². The fraction of sp³-hybridized carbons (Fsp3) is 0.381. The van der Waals surface area contributed by atoms with Crippen molar-refractivity contribution >= 4 is 5.91 Å². The standard InChI is InChI=1S/C21H25NO5/c1-14-5-6-16(11-15(14)2)25-10-7-22-21(23)17-12-19-20(13-18(17)24-3)27-9-4-8-26-19/h5-6,11-13H,4,7-10H2,1-3H3,(H,22,23). The van der Waals surface area contributed by atoms with Gasteiger partial charge in [0.1, 0.15) is 18.1 Å². The molecule has 0 fully saturated rings. The second-order valence-corrected chi connectivity index (χ2v) is 6.40. The smallest absolute Gasteiger partial charge is 0.255 e. The van der Waals surface area contributed by atoms with Crippen LogP contribution in [0.4, 0.5) is 0 Å². The van der Waals surface area contributed by atoms with Gasteiger partial charge in [-0.1, -0.05) is 6.07 Å². The van der Waals surface area contributed by atoms with Crippen LogP contribution < -0.4 is 24.3 Å². The highest BCUT2D eigenvalue weighted by atomic mass is 16.5. The van der Waals surface area contributed by atoms with E-state index in [4.69, 9.17) is 18.9 Å². The number of carbonyl (C=O) groups is 1. The lowest BCUT2D eigenvalue weighted by Gasteiger charge is -2.14. The van der Waals surface area contributed by atoms with E-state index in [-0.39, 0.29) is 5.91 Å². The molecule has 0 radical (unpaired) electrons. The zero-order chi connectivity index (χ0) is 19.2. The summed E-state index contributed by atoms with van der Waals surface area (Å²) < 4.78 is 22.3. The minimum Gasteiger partial charge on any atom is -0.496 e. The fourth-order valence-electron chi connectivity index (χ4n) is 2.77. The maximum atomic E-state index is 12.6. The summed E-state index contributed by atoms with van der Waals surface area (Å²) in [5.41, 5.74) is 2.80. The summed E-state index contributed by atoms with van der Waals surface area (Å²) in [6.45, 7) is 5.99. The lowest BCUT2D eigenvalue weighted by atomic mass is 10.1. The third-order valence-electron chi connectivity index (χ3n) is 4.45. The Kier molecular flexibility index (Phi) is 6.06. The minimum absolute atomic E-state index is 0.244. The number of aryl methyl sites for hydroxylation is 2. The number of ether oxygens (including phenoxy) is 4. The topological polar surface area (TPSA) is 66.0 Å². The average molecular weight is 371 g/mol. The van der Waals surface area contributed by atoms with Crippen molar-refractivity contribution in [2.24, 2.45) is 0 Å². The van der Waals surface area contributed by atoms with Crippen molar-refractivity contribution in [1.29, 1.82) is 0 Å². The van der Waals surface area contributed by atoms with E-state index in [1.54, 1.807) is 12.1 Å². The van der Waals surface area contributed by atoms with Gasteiger partial charge in [-0.2, -0.15) is 0 Å². The van der Waals surface area contributed by atoms with Gasteiger partial charge in [0.2, 0.25) is 0 Å². The number of hydrogen-bond donors (Lipinski definition) is 1. The Labute approximate surface area is 159 Å². The number of benzene rings is 2. The summed E-state index contributed by atoms with van der Waals surface area (Å²) in [6, 6.07) is 9.30. The SMILES string of the molecule is COc1cc2c(cc1C(=O)NCCOc1ccc(C)c(C)c1)OCCCO2. The maximum Gasteiger partial charge on any atom is 0.255 e. The normalized spacial score (nSPS) is 12.9. The zero-order valence-corrected chi connectivity index (χ0v) is 16.0. The summed E-state index contributed by atoms with van der Waals surface area (Å²) in [6.07, 6.45) is 0.800. The molecule has 2 aromatic carbocycles. The Morgan fingerprint density at radius 2 is 1.81 bits per heavy atom. The molecule has 0 aromatic heterocycles. The molecule has 1 N–H and O–H groups in total. The molecule has 0 saturated carbocycles. The first kappa shape index (κ1) is 18.9. The highest BCUT2D eigenvalue weighted by Crippen LogP contribution is 2.36. The fourth-order valence-corrected chi connectivity index (χ4v) is 2.77. The molecular formula is C21H25NO5. The van der Waals surface area contributed by atoms with Crippen LogP contribution in [-0.2, 0) is 0 Å². The predicted octanol–water partition coefficient (Wildman–Crippen LogP) is 3.28. The molecule has 0 saturated heterocycles. The molecule has 1 aliphatic heterocycles. The largest absolute Gasteiger partial charge is 0.496 e. The van der Waals surface area contributed by atoms with Gasteiger partial charge in [-0.3, -0.25) is 4.79 Å². The maximum absolute atomic E-state index is 12.6. The minimum atomic E-state index is -0.244. The van der Waals surface area contributed by atoms with Gasteiger partial charge in [-0.25, -0.2) is 0 Å². The molecular weight excluding hydrogens is 346 g/mol. The van der Waals surface area contributed by atoms with Gasteiger partial charge in [0.25, 0.3) is 5.91 Å². The first-order chi connectivity index (χ1) is 13.1. The highest BCUT2D eigenvalue weighted by molar-refractivity contribution is 5.97. The molecule has 6 heteroatoms. The van der Waals surface area contributed by atoms with Crippen LogP contribution in [0.2, 0.25) is 0 Å². The Morgan fingerprint density at radius 1 is 1.07 bits per heavy atom. The molecule has 1 heterocycles. The van der Waals surface area contributed by atoms with Gasteiger partial charge >= 0.3 is 0 Å². The quantitative estimate of drug-likeness (QED) is 0.790. The van der Waals surface area contributed by atoms with Gasteiger partial charge in [0, 0.05) is 18.6 Å². The van der Waals surface area contributed by atoms with Crippen molar-refractivity contribution in [2.45, 2.75) is 20.3 Å². The lowest BCUT2D eigenvalue weighted by molar-refractivity contribution is 0.0943. The molecule has 0 unspecified atom stereocenters. The summed E-state index contributed by atoms with van der Waals surface area (Å²) in [5, 5.41) is 2.85. The van der Waals surface area contributed by atoms with Crippen LogP contribution >= 0.6 is 0 Å². The van der Waals surface area contributed by atoms with Gasteiger partial charge in [0.05, 0.1) is 32.4 Å². The van der Waals surface area contributed by atoms with Gasteiger partial charge in [-0.05, 0) is 37.1 Å². The predicted molar refractivity (Wildman–Crippen MR) is 102 cm³/mol. The van der Waals surface area contributed by atoms with Crippen molar-refractivity contribution in [3.63, 3.8) is 0 Å². The molecule has 6 nitrogen and oxygen atoms in total. The first-order valence-corrected chi connectivity index (χ1v) is 9.04. The van der Waals surface area contributed by atoms with Crippen molar-refractivity contribution in [3.8, 4) is 23.0 Å². The number of hydrogen-bond acceptors (Lipinski definition) is 5. The molecule has 144 valence electrons. The number of rotatable bonds is 6. The van der Waals surface area contributed by atoms with E-state index in [2.05, 4.69) is 12.2 Å². The summed E-state index contributed by atoms with van der Waals surface area (Å²) in [4.78, 5) is 12.6. The Bertz CT molecular complexity index is 818.